The smallest absolute Gasteiger partial charge is 0.339 e. The lowest BCUT2D eigenvalue weighted by Gasteiger charge is -2.09. The molecular formula is C13H10FNO5S. The van der Waals surface area contributed by atoms with E-state index in [0.29, 0.717) is 0 Å². The van der Waals surface area contributed by atoms with Gasteiger partial charge in [-0.15, -0.1) is 0 Å². The number of hydrogen-bond donors (Lipinski definition) is 0. The van der Waals surface area contributed by atoms with Gasteiger partial charge in [-0.2, -0.15) is 8.42 Å². The van der Waals surface area contributed by atoms with E-state index in [9.17, 15) is 22.9 Å². The van der Waals surface area contributed by atoms with E-state index >= 15 is 0 Å². The van der Waals surface area contributed by atoms with Crippen molar-refractivity contribution in [3.8, 4) is 5.75 Å². The zero-order chi connectivity index (χ0) is 15.6. The second kappa shape index (κ2) is 5.49. The average molecular weight is 311 g/mol. The largest absolute Gasteiger partial charge is 0.379 e. The average Bonchev–Trinajstić information content (AvgIpc) is 2.37. The predicted molar refractivity (Wildman–Crippen MR) is 72.0 cm³/mol. The lowest BCUT2D eigenvalue weighted by molar-refractivity contribution is -0.385. The molecule has 0 spiro atoms. The summed E-state index contributed by atoms with van der Waals surface area (Å²) in [4.78, 5) is 9.79. The van der Waals surface area contributed by atoms with Gasteiger partial charge in [0.05, 0.1) is 4.92 Å². The molecule has 0 amide bonds. The summed E-state index contributed by atoms with van der Waals surface area (Å²) in [7, 11) is -4.19. The van der Waals surface area contributed by atoms with Crippen LogP contribution in [-0.2, 0) is 10.1 Å². The zero-order valence-corrected chi connectivity index (χ0v) is 11.6. The Morgan fingerprint density at radius 3 is 2.48 bits per heavy atom. The molecule has 8 heteroatoms. The van der Waals surface area contributed by atoms with Crippen LogP contribution in [0, 0.1) is 22.9 Å². The molecule has 0 heterocycles. The van der Waals surface area contributed by atoms with E-state index in [-0.39, 0.29) is 21.9 Å². The highest BCUT2D eigenvalue weighted by molar-refractivity contribution is 7.87. The van der Waals surface area contributed by atoms with Gasteiger partial charge in [0.15, 0.2) is 0 Å². The lowest BCUT2D eigenvalue weighted by Crippen LogP contribution is -2.11. The van der Waals surface area contributed by atoms with Crippen molar-refractivity contribution in [2.45, 2.75) is 11.8 Å². The molecule has 2 aromatic carbocycles. The lowest BCUT2D eigenvalue weighted by atomic mass is 10.2. The van der Waals surface area contributed by atoms with Gasteiger partial charge in [0.25, 0.3) is 5.69 Å². The quantitative estimate of drug-likeness (QED) is 0.492. The number of nitro groups is 1. The predicted octanol–water partition coefficient (Wildman–Crippen LogP) is 2.81. The first kappa shape index (κ1) is 14.9. The Balaban J connectivity index is 2.38. The molecule has 0 aliphatic rings. The zero-order valence-electron chi connectivity index (χ0n) is 10.8. The van der Waals surface area contributed by atoms with E-state index in [0.717, 1.165) is 30.3 Å². The third kappa shape index (κ3) is 3.34. The minimum absolute atomic E-state index is 0.167. The van der Waals surface area contributed by atoms with Crippen LogP contribution in [0.3, 0.4) is 0 Å². The summed E-state index contributed by atoms with van der Waals surface area (Å²) < 4.78 is 42.0. The summed E-state index contributed by atoms with van der Waals surface area (Å²) in [6, 6.07) is 7.96. The van der Waals surface area contributed by atoms with Gasteiger partial charge in [0, 0.05) is 18.2 Å². The number of nitro benzene ring substituents is 1. The second-order valence-electron chi connectivity index (χ2n) is 4.20. The number of nitrogens with zero attached hydrogens (tertiary/aromatic N) is 1. The maximum atomic E-state index is 13.0. The fourth-order valence-corrected chi connectivity index (χ4v) is 2.85. The van der Waals surface area contributed by atoms with E-state index < -0.39 is 20.9 Å². The number of non-ortho nitro benzene ring substituents is 1. The highest BCUT2D eigenvalue weighted by Crippen LogP contribution is 2.24. The molecule has 2 aromatic rings. The van der Waals surface area contributed by atoms with Crippen LogP contribution in [0.5, 0.6) is 5.75 Å². The molecule has 0 atom stereocenters. The third-order valence-corrected chi connectivity index (χ3v) is 4.05. The van der Waals surface area contributed by atoms with Crippen molar-refractivity contribution in [1.82, 2.24) is 0 Å². The van der Waals surface area contributed by atoms with Gasteiger partial charge < -0.3 is 4.18 Å². The normalized spacial score (nSPS) is 11.1. The Kier molecular flexibility index (Phi) is 3.90. The van der Waals surface area contributed by atoms with Gasteiger partial charge in [-0.05, 0) is 30.7 Å². The molecule has 0 N–H and O–H groups in total. The van der Waals surface area contributed by atoms with Crippen LogP contribution < -0.4 is 4.18 Å². The molecule has 0 fully saturated rings. The van der Waals surface area contributed by atoms with E-state index in [4.69, 9.17) is 4.18 Å². The summed E-state index contributed by atoms with van der Waals surface area (Å²) in [5.41, 5.74) is -0.0576. The molecule has 6 nitrogen and oxygen atoms in total. The van der Waals surface area contributed by atoms with Crippen molar-refractivity contribution in [2.24, 2.45) is 0 Å². The number of hydrogen-bond acceptors (Lipinski definition) is 5. The van der Waals surface area contributed by atoms with Gasteiger partial charge in [0.2, 0.25) is 0 Å². The number of benzene rings is 2. The molecule has 110 valence electrons. The fourth-order valence-electron chi connectivity index (χ4n) is 1.72. The van der Waals surface area contributed by atoms with Crippen LogP contribution in [0.15, 0.2) is 47.4 Å². The van der Waals surface area contributed by atoms with Crippen LogP contribution in [0.2, 0.25) is 0 Å². The van der Waals surface area contributed by atoms with E-state index in [1.165, 1.54) is 19.1 Å². The number of halogens is 1. The van der Waals surface area contributed by atoms with E-state index in [2.05, 4.69) is 0 Å². The highest BCUT2D eigenvalue weighted by atomic mass is 32.2. The first-order valence-corrected chi connectivity index (χ1v) is 7.15. The third-order valence-electron chi connectivity index (χ3n) is 2.64. The fraction of sp³-hybridized carbons (Fsp3) is 0.0769. The van der Waals surface area contributed by atoms with Crippen LogP contribution in [0.1, 0.15) is 5.56 Å². The molecule has 0 saturated heterocycles. The van der Waals surface area contributed by atoms with Crippen molar-refractivity contribution < 1.29 is 21.9 Å². The summed E-state index contributed by atoms with van der Waals surface area (Å²) in [5, 5.41) is 10.6. The summed E-state index contributed by atoms with van der Waals surface area (Å²) in [6.45, 7) is 1.41. The topological polar surface area (TPSA) is 86.5 Å². The number of aryl methyl sites for hydroxylation is 1. The van der Waals surface area contributed by atoms with Gasteiger partial charge in [-0.1, -0.05) is 6.07 Å². The summed E-state index contributed by atoms with van der Waals surface area (Å²) in [5.74, 6) is -0.809. The Morgan fingerprint density at radius 1 is 1.19 bits per heavy atom. The second-order valence-corrected chi connectivity index (χ2v) is 5.72. The van der Waals surface area contributed by atoms with Crippen LogP contribution >= 0.6 is 0 Å². The molecular weight excluding hydrogens is 301 g/mol. The Labute approximate surface area is 120 Å². The van der Waals surface area contributed by atoms with Crippen LogP contribution in [0.25, 0.3) is 0 Å². The standard InChI is InChI=1S/C13H10FNO5S/c1-9-7-11(15(16)17)5-6-13(9)21(18,19)20-12-4-2-3-10(14)8-12/h2-8H,1H3. The maximum absolute atomic E-state index is 13.0. The van der Waals surface area contributed by atoms with Crippen LogP contribution in [0.4, 0.5) is 10.1 Å². The molecule has 0 radical (unpaired) electrons. The van der Waals surface area contributed by atoms with Gasteiger partial charge >= 0.3 is 10.1 Å². The van der Waals surface area contributed by atoms with Gasteiger partial charge in [-0.3, -0.25) is 10.1 Å². The SMILES string of the molecule is Cc1cc([N+](=O)[O-])ccc1S(=O)(=O)Oc1cccc(F)c1. The van der Waals surface area contributed by atoms with Crippen molar-refractivity contribution in [1.29, 1.82) is 0 Å². The molecule has 0 aliphatic carbocycles. The first-order chi connectivity index (χ1) is 9.79. The minimum Gasteiger partial charge on any atom is -0.379 e. The maximum Gasteiger partial charge on any atom is 0.339 e. The molecule has 0 aliphatic heterocycles. The van der Waals surface area contributed by atoms with E-state index in [1.54, 1.807) is 0 Å². The van der Waals surface area contributed by atoms with Crippen molar-refractivity contribution in [3.63, 3.8) is 0 Å². The van der Waals surface area contributed by atoms with Gasteiger partial charge in [0.1, 0.15) is 16.5 Å². The Bertz CT molecular complexity index is 804. The van der Waals surface area contributed by atoms with Crippen molar-refractivity contribution in [3.05, 3.63) is 64.0 Å². The molecule has 21 heavy (non-hydrogen) atoms. The first-order valence-electron chi connectivity index (χ1n) is 5.75. The molecule has 0 saturated carbocycles. The highest BCUT2D eigenvalue weighted by Gasteiger charge is 2.21. The van der Waals surface area contributed by atoms with Crippen molar-refractivity contribution >= 4 is 15.8 Å². The Hall–Kier alpha value is -2.48. The molecule has 2 rings (SSSR count). The Morgan fingerprint density at radius 2 is 1.90 bits per heavy atom. The molecule has 0 unspecified atom stereocenters. The van der Waals surface area contributed by atoms with Crippen molar-refractivity contribution in [2.75, 3.05) is 0 Å². The summed E-state index contributed by atoms with van der Waals surface area (Å²) >= 11 is 0. The van der Waals surface area contributed by atoms with Gasteiger partial charge in [-0.25, -0.2) is 4.39 Å². The van der Waals surface area contributed by atoms with Crippen LogP contribution in [-0.4, -0.2) is 13.3 Å². The minimum atomic E-state index is -4.19. The molecule has 0 aromatic heterocycles. The number of rotatable bonds is 4. The summed E-state index contributed by atoms with van der Waals surface area (Å²) in [6.07, 6.45) is 0. The van der Waals surface area contributed by atoms with E-state index in [1.807, 2.05) is 0 Å². The monoisotopic (exact) mass is 311 g/mol. The molecule has 0 bridgehead atoms.